The number of benzene rings is 1. The van der Waals surface area contributed by atoms with E-state index in [0.29, 0.717) is 6.10 Å². The summed E-state index contributed by atoms with van der Waals surface area (Å²) < 4.78 is 11.9. The second-order valence-electron chi connectivity index (χ2n) is 5.99. The molecule has 0 aromatic heterocycles. The summed E-state index contributed by atoms with van der Waals surface area (Å²) in [6.45, 7) is 3.10. The SMILES string of the molecule is CCC1CCCC(OC(CNC)c2ccccc2OC)C1. The van der Waals surface area contributed by atoms with Crippen molar-refractivity contribution in [2.24, 2.45) is 5.92 Å². The van der Waals surface area contributed by atoms with Crippen molar-refractivity contribution in [2.75, 3.05) is 20.7 Å². The smallest absolute Gasteiger partial charge is 0.124 e. The van der Waals surface area contributed by atoms with Crippen LogP contribution in [0.3, 0.4) is 0 Å². The summed E-state index contributed by atoms with van der Waals surface area (Å²) in [5, 5.41) is 3.25. The van der Waals surface area contributed by atoms with Crippen molar-refractivity contribution in [1.82, 2.24) is 5.32 Å². The van der Waals surface area contributed by atoms with Gasteiger partial charge < -0.3 is 14.8 Å². The molecule has 21 heavy (non-hydrogen) atoms. The molecule has 0 heterocycles. The highest BCUT2D eigenvalue weighted by Gasteiger charge is 2.25. The number of methoxy groups -OCH3 is 1. The Morgan fingerprint density at radius 3 is 2.81 bits per heavy atom. The van der Waals surface area contributed by atoms with E-state index in [-0.39, 0.29) is 6.10 Å². The molecule has 1 aromatic rings. The van der Waals surface area contributed by atoms with E-state index in [0.717, 1.165) is 23.8 Å². The van der Waals surface area contributed by atoms with Crippen LogP contribution in [0.15, 0.2) is 24.3 Å². The van der Waals surface area contributed by atoms with Crippen LogP contribution < -0.4 is 10.1 Å². The zero-order valence-electron chi connectivity index (χ0n) is 13.6. The molecular weight excluding hydrogens is 262 g/mol. The van der Waals surface area contributed by atoms with Gasteiger partial charge in [0.15, 0.2) is 0 Å². The third-order valence-electron chi connectivity index (χ3n) is 4.54. The summed E-state index contributed by atoms with van der Waals surface area (Å²) in [6.07, 6.45) is 6.75. The highest BCUT2D eigenvalue weighted by atomic mass is 16.5. The molecule has 1 fully saturated rings. The van der Waals surface area contributed by atoms with E-state index in [9.17, 15) is 0 Å². The van der Waals surface area contributed by atoms with Crippen molar-refractivity contribution in [3.8, 4) is 5.75 Å². The maximum absolute atomic E-state index is 6.45. The van der Waals surface area contributed by atoms with E-state index in [1.807, 2.05) is 19.2 Å². The summed E-state index contributed by atoms with van der Waals surface area (Å²) in [5.74, 6) is 1.75. The Morgan fingerprint density at radius 2 is 2.10 bits per heavy atom. The Labute approximate surface area is 129 Å². The van der Waals surface area contributed by atoms with Gasteiger partial charge >= 0.3 is 0 Å². The fourth-order valence-electron chi connectivity index (χ4n) is 3.32. The lowest BCUT2D eigenvalue weighted by molar-refractivity contribution is -0.0416. The number of likely N-dealkylation sites (N-methyl/N-ethyl adjacent to an activating group) is 1. The van der Waals surface area contributed by atoms with Crippen LogP contribution in [0.4, 0.5) is 0 Å². The molecule has 3 nitrogen and oxygen atoms in total. The molecule has 1 N–H and O–H groups in total. The maximum atomic E-state index is 6.45. The molecule has 0 spiro atoms. The van der Waals surface area contributed by atoms with Crippen molar-refractivity contribution in [1.29, 1.82) is 0 Å². The minimum atomic E-state index is 0.0618. The second-order valence-corrected chi connectivity index (χ2v) is 5.99. The molecule has 3 atom stereocenters. The van der Waals surface area contributed by atoms with Gasteiger partial charge in [0.1, 0.15) is 5.75 Å². The monoisotopic (exact) mass is 291 g/mol. The first-order valence-corrected chi connectivity index (χ1v) is 8.21. The van der Waals surface area contributed by atoms with Crippen LogP contribution in [0, 0.1) is 5.92 Å². The molecule has 0 aliphatic heterocycles. The number of para-hydroxylation sites is 1. The summed E-state index contributed by atoms with van der Waals surface area (Å²) in [5.41, 5.74) is 1.15. The largest absolute Gasteiger partial charge is 0.496 e. The minimum Gasteiger partial charge on any atom is -0.496 e. The molecule has 1 aromatic carbocycles. The number of hydrogen-bond acceptors (Lipinski definition) is 3. The molecular formula is C18H29NO2. The molecule has 0 bridgehead atoms. The van der Waals surface area contributed by atoms with E-state index < -0.39 is 0 Å². The highest BCUT2D eigenvalue weighted by Crippen LogP contribution is 2.34. The first kappa shape index (κ1) is 16.3. The van der Waals surface area contributed by atoms with Gasteiger partial charge in [0.05, 0.1) is 19.3 Å². The van der Waals surface area contributed by atoms with Crippen molar-refractivity contribution in [3.63, 3.8) is 0 Å². The zero-order valence-corrected chi connectivity index (χ0v) is 13.6. The normalized spacial score (nSPS) is 23.8. The zero-order chi connectivity index (χ0) is 15.1. The molecule has 0 radical (unpaired) electrons. The average molecular weight is 291 g/mol. The molecule has 1 aliphatic carbocycles. The molecule has 1 aliphatic rings. The Kier molecular flexibility index (Phi) is 6.52. The van der Waals surface area contributed by atoms with E-state index in [2.05, 4.69) is 24.4 Å². The maximum Gasteiger partial charge on any atom is 0.124 e. The second kappa shape index (κ2) is 8.40. The molecule has 2 rings (SSSR count). The third-order valence-corrected chi connectivity index (χ3v) is 4.54. The molecule has 3 unspecified atom stereocenters. The van der Waals surface area contributed by atoms with Gasteiger partial charge in [0.2, 0.25) is 0 Å². The van der Waals surface area contributed by atoms with Gasteiger partial charge in [0, 0.05) is 12.1 Å². The van der Waals surface area contributed by atoms with Crippen LogP contribution in [0.2, 0.25) is 0 Å². The van der Waals surface area contributed by atoms with E-state index in [1.165, 1.54) is 32.1 Å². The summed E-state index contributed by atoms with van der Waals surface area (Å²) >= 11 is 0. The number of hydrogen-bond donors (Lipinski definition) is 1. The van der Waals surface area contributed by atoms with Gasteiger partial charge in [-0.05, 0) is 31.9 Å². The Balaban J connectivity index is 2.08. The van der Waals surface area contributed by atoms with Crippen molar-refractivity contribution in [2.45, 2.75) is 51.2 Å². The minimum absolute atomic E-state index is 0.0618. The van der Waals surface area contributed by atoms with E-state index >= 15 is 0 Å². The number of ether oxygens (including phenoxy) is 2. The van der Waals surface area contributed by atoms with Crippen molar-refractivity contribution in [3.05, 3.63) is 29.8 Å². The fourth-order valence-corrected chi connectivity index (χ4v) is 3.32. The lowest BCUT2D eigenvalue weighted by atomic mass is 9.85. The van der Waals surface area contributed by atoms with Crippen molar-refractivity contribution < 1.29 is 9.47 Å². The average Bonchev–Trinajstić information content (AvgIpc) is 2.54. The Bertz CT molecular complexity index is 421. The van der Waals surface area contributed by atoms with Gasteiger partial charge in [0.25, 0.3) is 0 Å². The van der Waals surface area contributed by atoms with Crippen LogP contribution in [0.5, 0.6) is 5.75 Å². The van der Waals surface area contributed by atoms with Gasteiger partial charge in [-0.2, -0.15) is 0 Å². The van der Waals surface area contributed by atoms with Crippen LogP contribution in [-0.4, -0.2) is 26.8 Å². The highest BCUT2D eigenvalue weighted by molar-refractivity contribution is 5.35. The summed E-state index contributed by atoms with van der Waals surface area (Å²) in [4.78, 5) is 0. The predicted octanol–water partition coefficient (Wildman–Crippen LogP) is 3.94. The fraction of sp³-hybridized carbons (Fsp3) is 0.667. The van der Waals surface area contributed by atoms with Crippen LogP contribution in [0.25, 0.3) is 0 Å². The van der Waals surface area contributed by atoms with E-state index in [1.54, 1.807) is 7.11 Å². The first-order valence-electron chi connectivity index (χ1n) is 8.21. The Morgan fingerprint density at radius 1 is 1.29 bits per heavy atom. The first-order chi connectivity index (χ1) is 10.3. The van der Waals surface area contributed by atoms with Crippen LogP contribution in [0.1, 0.15) is 50.7 Å². The lowest BCUT2D eigenvalue weighted by Crippen LogP contribution is -2.28. The standard InChI is InChI=1S/C18H29NO2/c1-4-14-8-7-9-15(12-14)21-18(13-19-2)16-10-5-6-11-17(16)20-3/h5-6,10-11,14-15,18-19H,4,7-9,12-13H2,1-3H3. The van der Waals surface area contributed by atoms with Crippen LogP contribution >= 0.6 is 0 Å². The third kappa shape index (κ3) is 4.45. The number of rotatable bonds is 7. The Hall–Kier alpha value is -1.06. The van der Waals surface area contributed by atoms with Gasteiger partial charge in [-0.1, -0.05) is 44.4 Å². The number of nitrogens with one attached hydrogen (secondary N) is 1. The van der Waals surface area contributed by atoms with Crippen molar-refractivity contribution >= 4 is 0 Å². The van der Waals surface area contributed by atoms with Gasteiger partial charge in [-0.25, -0.2) is 0 Å². The van der Waals surface area contributed by atoms with Crippen LogP contribution in [-0.2, 0) is 4.74 Å². The molecule has 3 heteroatoms. The summed E-state index contributed by atoms with van der Waals surface area (Å²) in [7, 11) is 3.70. The molecule has 0 saturated heterocycles. The van der Waals surface area contributed by atoms with Gasteiger partial charge in [-0.15, -0.1) is 0 Å². The predicted molar refractivity (Wildman–Crippen MR) is 86.8 cm³/mol. The lowest BCUT2D eigenvalue weighted by Gasteiger charge is -2.32. The molecule has 118 valence electrons. The topological polar surface area (TPSA) is 30.5 Å². The summed E-state index contributed by atoms with van der Waals surface area (Å²) in [6, 6.07) is 8.18. The quantitative estimate of drug-likeness (QED) is 0.825. The van der Waals surface area contributed by atoms with E-state index in [4.69, 9.17) is 9.47 Å². The molecule has 1 saturated carbocycles. The molecule has 0 amide bonds. The van der Waals surface area contributed by atoms with Gasteiger partial charge in [-0.3, -0.25) is 0 Å².